The number of nitrogens with zero attached hydrogens (tertiary/aromatic N) is 2. The van der Waals surface area contributed by atoms with Crippen molar-refractivity contribution in [3.8, 4) is 0 Å². The third kappa shape index (κ3) is 4.23. The molecule has 2 heterocycles. The fraction of sp³-hybridized carbons (Fsp3) is 0.333. The van der Waals surface area contributed by atoms with Crippen molar-refractivity contribution in [3.63, 3.8) is 0 Å². The molecule has 0 amide bonds. The summed E-state index contributed by atoms with van der Waals surface area (Å²) in [5.41, 5.74) is 0.624. The Balaban J connectivity index is 1.54. The number of nitrogens with one attached hydrogen (secondary N) is 1. The van der Waals surface area contributed by atoms with Crippen LogP contribution in [0.2, 0.25) is 0 Å². The highest BCUT2D eigenvalue weighted by Crippen LogP contribution is 2.24. The van der Waals surface area contributed by atoms with E-state index in [1.165, 1.54) is 12.1 Å². The van der Waals surface area contributed by atoms with Crippen LogP contribution in [0.3, 0.4) is 0 Å². The van der Waals surface area contributed by atoms with E-state index in [4.69, 9.17) is 9.47 Å². The van der Waals surface area contributed by atoms with Gasteiger partial charge in [-0.25, -0.2) is 9.18 Å². The van der Waals surface area contributed by atoms with E-state index in [0.717, 1.165) is 10.1 Å². The maximum Gasteiger partial charge on any atom is 0.328 e. The molecule has 1 saturated heterocycles. The summed E-state index contributed by atoms with van der Waals surface area (Å²) in [6, 6.07) is 12.3. The third-order valence-corrected chi connectivity index (χ3v) is 4.97. The van der Waals surface area contributed by atoms with Crippen LogP contribution in [0, 0.1) is 5.82 Å². The average molecular weight is 399 g/mol. The Bertz CT molecular complexity index is 1100. The van der Waals surface area contributed by atoms with Gasteiger partial charge in [0.15, 0.2) is 0 Å². The number of anilines is 1. The van der Waals surface area contributed by atoms with Crippen LogP contribution in [0.25, 0.3) is 10.9 Å². The molecule has 29 heavy (non-hydrogen) atoms. The van der Waals surface area contributed by atoms with Gasteiger partial charge in [-0.05, 0) is 17.7 Å². The Labute approximate surface area is 166 Å². The maximum atomic E-state index is 14.7. The van der Waals surface area contributed by atoms with Gasteiger partial charge < -0.3 is 19.4 Å². The lowest BCUT2D eigenvalue weighted by molar-refractivity contribution is 0.112. The molecule has 1 aromatic heterocycles. The Kier molecular flexibility index (Phi) is 5.73. The second-order valence-corrected chi connectivity index (χ2v) is 6.87. The molecule has 4 rings (SSSR count). The predicted molar refractivity (Wildman–Crippen MR) is 108 cm³/mol. The molecule has 2 aromatic carbocycles. The summed E-state index contributed by atoms with van der Waals surface area (Å²) < 4.78 is 26.6. The smallest absolute Gasteiger partial charge is 0.328 e. The summed E-state index contributed by atoms with van der Waals surface area (Å²) in [5.74, 6) is -0.490. The molecule has 1 aliphatic rings. The molecule has 0 bridgehead atoms. The number of benzene rings is 2. The van der Waals surface area contributed by atoms with Crippen LogP contribution in [-0.2, 0) is 22.6 Å². The SMILES string of the molecule is O=c1[nH]c2cc(N3CCOCC3)c(F)cc2c(=O)n1CCOCc1ccccc1. The molecule has 7 nitrogen and oxygen atoms in total. The van der Waals surface area contributed by atoms with Crippen molar-refractivity contribution in [1.29, 1.82) is 0 Å². The van der Waals surface area contributed by atoms with Crippen molar-refractivity contribution in [2.45, 2.75) is 13.2 Å². The lowest BCUT2D eigenvalue weighted by Gasteiger charge is -2.29. The first-order valence-corrected chi connectivity index (χ1v) is 9.54. The second-order valence-electron chi connectivity index (χ2n) is 6.87. The zero-order valence-corrected chi connectivity index (χ0v) is 15.9. The third-order valence-electron chi connectivity index (χ3n) is 4.97. The van der Waals surface area contributed by atoms with E-state index in [9.17, 15) is 14.0 Å². The number of aromatic nitrogens is 2. The zero-order valence-electron chi connectivity index (χ0n) is 15.9. The van der Waals surface area contributed by atoms with Gasteiger partial charge in [-0.1, -0.05) is 30.3 Å². The van der Waals surface area contributed by atoms with E-state index in [1.807, 2.05) is 35.2 Å². The van der Waals surface area contributed by atoms with Crippen LogP contribution in [0.15, 0.2) is 52.1 Å². The van der Waals surface area contributed by atoms with Crippen molar-refractivity contribution in [2.24, 2.45) is 0 Å². The van der Waals surface area contributed by atoms with E-state index < -0.39 is 17.1 Å². The molecule has 3 aromatic rings. The fourth-order valence-corrected chi connectivity index (χ4v) is 3.43. The number of hydrogen-bond acceptors (Lipinski definition) is 5. The van der Waals surface area contributed by atoms with Gasteiger partial charge in [0.2, 0.25) is 0 Å². The lowest BCUT2D eigenvalue weighted by Crippen LogP contribution is -2.38. The monoisotopic (exact) mass is 399 g/mol. The molecule has 0 atom stereocenters. The molecule has 1 aliphatic heterocycles. The van der Waals surface area contributed by atoms with Crippen molar-refractivity contribution >= 4 is 16.6 Å². The highest BCUT2D eigenvalue weighted by Gasteiger charge is 2.18. The molecule has 1 fully saturated rings. The average Bonchev–Trinajstić information content (AvgIpc) is 2.75. The summed E-state index contributed by atoms with van der Waals surface area (Å²) >= 11 is 0. The summed E-state index contributed by atoms with van der Waals surface area (Å²) in [6.45, 7) is 2.81. The van der Waals surface area contributed by atoms with E-state index in [1.54, 1.807) is 0 Å². The van der Waals surface area contributed by atoms with Gasteiger partial charge in [0.05, 0.1) is 49.6 Å². The first kappa shape index (κ1) is 19.4. The quantitative estimate of drug-likeness (QED) is 0.641. The first-order chi connectivity index (χ1) is 14.1. The van der Waals surface area contributed by atoms with Crippen molar-refractivity contribution < 1.29 is 13.9 Å². The Morgan fingerprint density at radius 1 is 1.10 bits per heavy atom. The highest BCUT2D eigenvalue weighted by molar-refractivity contribution is 5.81. The molecule has 8 heteroatoms. The van der Waals surface area contributed by atoms with Gasteiger partial charge in [0, 0.05) is 13.1 Å². The molecule has 0 aliphatic carbocycles. The number of rotatable bonds is 6. The standard InChI is InChI=1S/C21H22FN3O4/c22-17-12-16-18(13-19(17)24-6-9-28-10-7-24)23-21(27)25(20(16)26)8-11-29-14-15-4-2-1-3-5-15/h1-5,12-13H,6-11,14H2,(H,23,27). The highest BCUT2D eigenvalue weighted by atomic mass is 19.1. The maximum absolute atomic E-state index is 14.7. The first-order valence-electron chi connectivity index (χ1n) is 9.54. The summed E-state index contributed by atoms with van der Waals surface area (Å²) in [7, 11) is 0. The van der Waals surface area contributed by atoms with Crippen LogP contribution in [0.5, 0.6) is 0 Å². The minimum Gasteiger partial charge on any atom is -0.378 e. The molecule has 0 saturated carbocycles. The molecular weight excluding hydrogens is 377 g/mol. The van der Waals surface area contributed by atoms with E-state index >= 15 is 0 Å². The molecule has 0 spiro atoms. The lowest BCUT2D eigenvalue weighted by atomic mass is 10.2. The van der Waals surface area contributed by atoms with Crippen LogP contribution in [-0.4, -0.2) is 42.5 Å². The Morgan fingerprint density at radius 3 is 2.62 bits per heavy atom. The van der Waals surface area contributed by atoms with E-state index in [2.05, 4.69) is 4.98 Å². The summed E-state index contributed by atoms with van der Waals surface area (Å²) in [4.78, 5) is 29.7. The van der Waals surface area contributed by atoms with Gasteiger partial charge >= 0.3 is 5.69 Å². The number of fused-ring (bicyclic) bond motifs is 1. The minimum atomic E-state index is -0.537. The zero-order chi connectivity index (χ0) is 20.2. The number of hydrogen-bond donors (Lipinski definition) is 1. The van der Waals surface area contributed by atoms with Crippen molar-refractivity contribution in [2.75, 3.05) is 37.8 Å². The normalized spacial score (nSPS) is 14.4. The minimum absolute atomic E-state index is 0.0871. The van der Waals surface area contributed by atoms with Gasteiger partial charge in [0.1, 0.15) is 5.82 Å². The number of aromatic amines is 1. The van der Waals surface area contributed by atoms with Gasteiger partial charge in [-0.15, -0.1) is 0 Å². The Hall–Kier alpha value is -2.97. The van der Waals surface area contributed by atoms with Crippen LogP contribution < -0.4 is 16.1 Å². The van der Waals surface area contributed by atoms with Gasteiger partial charge in [-0.2, -0.15) is 0 Å². The molecule has 1 N–H and O–H groups in total. The topological polar surface area (TPSA) is 76.6 Å². The largest absolute Gasteiger partial charge is 0.378 e. The van der Waals surface area contributed by atoms with E-state index in [-0.39, 0.29) is 18.5 Å². The molecular formula is C21H22FN3O4. The summed E-state index contributed by atoms with van der Waals surface area (Å²) in [5, 5.41) is 0.141. The number of ether oxygens (including phenoxy) is 2. The van der Waals surface area contributed by atoms with Crippen LogP contribution >= 0.6 is 0 Å². The Morgan fingerprint density at radius 2 is 1.86 bits per heavy atom. The number of H-pyrrole nitrogens is 1. The van der Waals surface area contributed by atoms with Crippen LogP contribution in [0.4, 0.5) is 10.1 Å². The van der Waals surface area contributed by atoms with Gasteiger partial charge in [-0.3, -0.25) is 9.36 Å². The number of halogens is 1. The fourth-order valence-electron chi connectivity index (χ4n) is 3.43. The molecule has 0 unspecified atom stereocenters. The van der Waals surface area contributed by atoms with E-state index in [0.29, 0.717) is 44.1 Å². The van der Waals surface area contributed by atoms with Crippen molar-refractivity contribution in [3.05, 3.63) is 74.7 Å². The molecule has 0 radical (unpaired) electrons. The summed E-state index contributed by atoms with van der Waals surface area (Å²) in [6.07, 6.45) is 0. The predicted octanol–water partition coefficient (Wildman–Crippen LogP) is 1.88. The molecule has 152 valence electrons. The second kappa shape index (κ2) is 8.59. The number of morpholine rings is 1. The van der Waals surface area contributed by atoms with Crippen molar-refractivity contribution in [1.82, 2.24) is 9.55 Å². The van der Waals surface area contributed by atoms with Crippen LogP contribution in [0.1, 0.15) is 5.56 Å². The van der Waals surface area contributed by atoms with Gasteiger partial charge in [0.25, 0.3) is 5.56 Å².